The first-order chi connectivity index (χ1) is 7.19. The Balaban J connectivity index is 2.75. The summed E-state index contributed by atoms with van der Waals surface area (Å²) in [6.45, 7) is 2.47. The Morgan fingerprint density at radius 2 is 2.00 bits per heavy atom. The van der Waals surface area contributed by atoms with Crippen LogP contribution >= 0.6 is 0 Å². The van der Waals surface area contributed by atoms with Gasteiger partial charge in [-0.05, 0) is 24.6 Å². The molecule has 0 fully saturated rings. The number of ether oxygens (including phenoxy) is 2. The van der Waals surface area contributed by atoms with E-state index in [-0.39, 0.29) is 0 Å². The van der Waals surface area contributed by atoms with Crippen LogP contribution in [-0.4, -0.2) is 24.8 Å². The second kappa shape index (κ2) is 5.36. The van der Waals surface area contributed by atoms with E-state index in [9.17, 15) is 9.90 Å². The molecule has 0 spiro atoms. The standard InChI is InChI=1S/C11H14O4/c1-3-15-9-6-4-8(5-7-9)10(12)11(13)14-2/h4-7,10,12H,3H2,1-2H3. The van der Waals surface area contributed by atoms with Gasteiger partial charge in [-0.25, -0.2) is 4.79 Å². The second-order valence-corrected chi connectivity index (χ2v) is 2.93. The molecule has 0 aromatic heterocycles. The Hall–Kier alpha value is -1.55. The molecule has 4 heteroatoms. The summed E-state index contributed by atoms with van der Waals surface area (Å²) in [5, 5.41) is 9.49. The Morgan fingerprint density at radius 3 is 2.47 bits per heavy atom. The van der Waals surface area contributed by atoms with Crippen molar-refractivity contribution in [3.05, 3.63) is 29.8 Å². The van der Waals surface area contributed by atoms with Crippen molar-refractivity contribution in [3.63, 3.8) is 0 Å². The molecule has 4 nitrogen and oxygen atoms in total. The lowest BCUT2D eigenvalue weighted by atomic mass is 10.1. The number of esters is 1. The van der Waals surface area contributed by atoms with Gasteiger partial charge in [-0.1, -0.05) is 12.1 Å². The van der Waals surface area contributed by atoms with Gasteiger partial charge in [-0.3, -0.25) is 0 Å². The zero-order chi connectivity index (χ0) is 11.3. The zero-order valence-electron chi connectivity index (χ0n) is 8.77. The fraction of sp³-hybridized carbons (Fsp3) is 0.364. The molecular formula is C11H14O4. The van der Waals surface area contributed by atoms with Crippen molar-refractivity contribution in [1.82, 2.24) is 0 Å². The molecule has 1 atom stereocenters. The molecule has 1 rings (SSSR count). The average molecular weight is 210 g/mol. The van der Waals surface area contributed by atoms with Crippen LogP contribution in [0.25, 0.3) is 0 Å². The minimum atomic E-state index is -1.23. The Labute approximate surface area is 88.4 Å². The Bertz CT molecular complexity index is 318. The van der Waals surface area contributed by atoms with Crippen LogP contribution < -0.4 is 4.74 Å². The summed E-state index contributed by atoms with van der Waals surface area (Å²) in [7, 11) is 1.24. The van der Waals surface area contributed by atoms with Crippen LogP contribution in [0, 0.1) is 0 Å². The first kappa shape index (κ1) is 11.5. The molecule has 0 saturated carbocycles. The first-order valence-electron chi connectivity index (χ1n) is 4.67. The summed E-state index contributed by atoms with van der Waals surface area (Å²) in [5.74, 6) is 0.0393. The summed E-state index contributed by atoms with van der Waals surface area (Å²) < 4.78 is 9.65. The molecule has 0 heterocycles. The lowest BCUT2D eigenvalue weighted by Gasteiger charge is -2.09. The van der Waals surface area contributed by atoms with Crippen LogP contribution in [0.15, 0.2) is 24.3 Å². The van der Waals surface area contributed by atoms with Gasteiger partial charge in [0.25, 0.3) is 0 Å². The highest BCUT2D eigenvalue weighted by atomic mass is 16.5. The van der Waals surface area contributed by atoms with Crippen LogP contribution in [0.4, 0.5) is 0 Å². The monoisotopic (exact) mass is 210 g/mol. The summed E-state index contributed by atoms with van der Waals surface area (Å²) in [6, 6.07) is 6.66. The average Bonchev–Trinajstić information content (AvgIpc) is 2.28. The SMILES string of the molecule is CCOc1ccc(C(O)C(=O)OC)cc1. The van der Waals surface area contributed by atoms with Gasteiger partial charge in [0, 0.05) is 0 Å². The van der Waals surface area contributed by atoms with Gasteiger partial charge in [0.05, 0.1) is 13.7 Å². The maximum absolute atomic E-state index is 11.0. The van der Waals surface area contributed by atoms with Crippen LogP contribution in [0.3, 0.4) is 0 Å². The largest absolute Gasteiger partial charge is 0.494 e. The van der Waals surface area contributed by atoms with Crippen molar-refractivity contribution >= 4 is 5.97 Å². The molecule has 0 bridgehead atoms. The van der Waals surface area contributed by atoms with E-state index in [0.717, 1.165) is 0 Å². The van der Waals surface area contributed by atoms with Crippen molar-refractivity contribution in [2.75, 3.05) is 13.7 Å². The molecule has 1 aromatic rings. The molecule has 0 amide bonds. The third kappa shape index (κ3) is 2.95. The van der Waals surface area contributed by atoms with E-state index in [0.29, 0.717) is 17.9 Å². The lowest BCUT2D eigenvalue weighted by Crippen LogP contribution is -2.13. The Kier molecular flexibility index (Phi) is 4.12. The quantitative estimate of drug-likeness (QED) is 0.761. The summed E-state index contributed by atoms with van der Waals surface area (Å²) in [4.78, 5) is 11.0. The van der Waals surface area contributed by atoms with E-state index in [1.165, 1.54) is 7.11 Å². The van der Waals surface area contributed by atoms with Crippen LogP contribution in [0.5, 0.6) is 5.75 Å². The maximum atomic E-state index is 11.0. The molecule has 1 N–H and O–H groups in total. The van der Waals surface area contributed by atoms with E-state index in [1.54, 1.807) is 24.3 Å². The zero-order valence-corrected chi connectivity index (χ0v) is 8.77. The van der Waals surface area contributed by atoms with E-state index < -0.39 is 12.1 Å². The molecule has 0 aliphatic rings. The van der Waals surface area contributed by atoms with Gasteiger partial charge in [-0.2, -0.15) is 0 Å². The highest BCUT2D eigenvalue weighted by Crippen LogP contribution is 2.18. The second-order valence-electron chi connectivity index (χ2n) is 2.93. The van der Waals surface area contributed by atoms with Gasteiger partial charge in [0.15, 0.2) is 6.10 Å². The number of carbonyl (C=O) groups excluding carboxylic acids is 1. The van der Waals surface area contributed by atoms with E-state index in [4.69, 9.17) is 4.74 Å². The van der Waals surface area contributed by atoms with Crippen LogP contribution in [-0.2, 0) is 9.53 Å². The van der Waals surface area contributed by atoms with Crippen molar-refractivity contribution < 1.29 is 19.4 Å². The lowest BCUT2D eigenvalue weighted by molar-refractivity contribution is -0.150. The van der Waals surface area contributed by atoms with Crippen molar-refractivity contribution in [3.8, 4) is 5.75 Å². The molecule has 0 aliphatic heterocycles. The molecule has 0 aliphatic carbocycles. The van der Waals surface area contributed by atoms with Crippen molar-refractivity contribution in [2.45, 2.75) is 13.0 Å². The van der Waals surface area contributed by atoms with E-state index >= 15 is 0 Å². The third-order valence-electron chi connectivity index (χ3n) is 1.93. The molecule has 0 saturated heterocycles. The fourth-order valence-electron chi connectivity index (χ4n) is 1.16. The number of hydrogen-bond acceptors (Lipinski definition) is 4. The number of benzene rings is 1. The summed E-state index contributed by atoms with van der Waals surface area (Å²) >= 11 is 0. The molecule has 1 unspecified atom stereocenters. The number of rotatable bonds is 4. The molecule has 0 radical (unpaired) electrons. The van der Waals surface area contributed by atoms with Crippen LogP contribution in [0.2, 0.25) is 0 Å². The summed E-state index contributed by atoms with van der Waals surface area (Å²) in [6.07, 6.45) is -1.23. The number of carbonyl (C=O) groups is 1. The minimum absolute atomic E-state index is 0.491. The number of aliphatic hydroxyl groups excluding tert-OH is 1. The van der Waals surface area contributed by atoms with Gasteiger partial charge < -0.3 is 14.6 Å². The highest BCUT2D eigenvalue weighted by molar-refractivity contribution is 5.76. The molecule has 82 valence electrons. The van der Waals surface area contributed by atoms with Gasteiger partial charge in [-0.15, -0.1) is 0 Å². The normalized spacial score (nSPS) is 11.9. The third-order valence-corrected chi connectivity index (χ3v) is 1.93. The van der Waals surface area contributed by atoms with Gasteiger partial charge in [0.1, 0.15) is 5.75 Å². The topological polar surface area (TPSA) is 55.8 Å². The van der Waals surface area contributed by atoms with Crippen LogP contribution in [0.1, 0.15) is 18.6 Å². The summed E-state index contributed by atoms with van der Waals surface area (Å²) in [5.41, 5.74) is 0.491. The number of methoxy groups -OCH3 is 1. The van der Waals surface area contributed by atoms with Crippen molar-refractivity contribution in [2.24, 2.45) is 0 Å². The van der Waals surface area contributed by atoms with Crippen molar-refractivity contribution in [1.29, 1.82) is 0 Å². The first-order valence-corrected chi connectivity index (χ1v) is 4.67. The Morgan fingerprint density at radius 1 is 1.40 bits per heavy atom. The number of aliphatic hydroxyl groups is 1. The smallest absolute Gasteiger partial charge is 0.339 e. The number of hydrogen-bond donors (Lipinski definition) is 1. The van der Waals surface area contributed by atoms with E-state index in [2.05, 4.69) is 4.74 Å². The van der Waals surface area contributed by atoms with Gasteiger partial charge >= 0.3 is 5.97 Å². The predicted molar refractivity (Wildman–Crippen MR) is 54.6 cm³/mol. The predicted octanol–water partition coefficient (Wildman–Crippen LogP) is 1.29. The fourth-order valence-corrected chi connectivity index (χ4v) is 1.16. The molecule has 15 heavy (non-hydrogen) atoms. The maximum Gasteiger partial charge on any atom is 0.339 e. The minimum Gasteiger partial charge on any atom is -0.494 e. The van der Waals surface area contributed by atoms with E-state index in [1.807, 2.05) is 6.92 Å². The molecule has 1 aromatic carbocycles. The van der Waals surface area contributed by atoms with Gasteiger partial charge in [0.2, 0.25) is 0 Å². The molecular weight excluding hydrogens is 196 g/mol. The highest BCUT2D eigenvalue weighted by Gasteiger charge is 2.17.